The monoisotopic (exact) mass is 346 g/mol. The predicted octanol–water partition coefficient (Wildman–Crippen LogP) is 6.67. The Hall–Kier alpha value is -3.12. The molecule has 0 aromatic heterocycles. The first-order chi connectivity index (χ1) is 13.2. The van der Waals surface area contributed by atoms with Crippen LogP contribution in [0.3, 0.4) is 0 Å². The molecule has 1 aliphatic rings. The second-order valence-corrected chi connectivity index (χ2v) is 7.58. The smallest absolute Gasteiger partial charge is 0.0622 e. The maximum atomic E-state index is 2.38. The van der Waals surface area contributed by atoms with Gasteiger partial charge in [-0.1, -0.05) is 108 Å². The summed E-state index contributed by atoms with van der Waals surface area (Å²) in [6.45, 7) is 4.38. The van der Waals surface area contributed by atoms with Crippen LogP contribution in [-0.4, -0.2) is 0 Å². The number of fused-ring (bicyclic) bond motifs is 3. The van der Waals surface area contributed by atoms with E-state index in [9.17, 15) is 0 Å². The summed E-state index contributed by atoms with van der Waals surface area (Å²) in [5, 5.41) is 0. The van der Waals surface area contributed by atoms with Crippen LogP contribution in [0.1, 0.15) is 33.4 Å². The van der Waals surface area contributed by atoms with Crippen molar-refractivity contribution in [2.75, 3.05) is 0 Å². The van der Waals surface area contributed by atoms with E-state index in [4.69, 9.17) is 0 Å². The van der Waals surface area contributed by atoms with Gasteiger partial charge in [-0.15, -0.1) is 0 Å². The van der Waals surface area contributed by atoms with Crippen LogP contribution in [0.2, 0.25) is 0 Å². The first-order valence-corrected chi connectivity index (χ1v) is 9.55. The van der Waals surface area contributed by atoms with Gasteiger partial charge in [0.05, 0.1) is 5.41 Å². The maximum Gasteiger partial charge on any atom is 0.0713 e. The van der Waals surface area contributed by atoms with E-state index in [2.05, 4.69) is 111 Å². The topological polar surface area (TPSA) is 0 Å². The minimum absolute atomic E-state index is 0.273. The average Bonchev–Trinajstić information content (AvgIpc) is 2.99. The zero-order valence-corrected chi connectivity index (χ0v) is 15.7. The van der Waals surface area contributed by atoms with Crippen LogP contribution in [0.15, 0.2) is 97.1 Å². The zero-order chi connectivity index (χ0) is 18.4. The lowest BCUT2D eigenvalue weighted by Gasteiger charge is -2.34. The molecule has 0 saturated carbocycles. The molecule has 0 saturated heterocycles. The number of aryl methyl sites for hydroxylation is 2. The largest absolute Gasteiger partial charge is 0.0713 e. The summed E-state index contributed by atoms with van der Waals surface area (Å²) in [5.41, 5.74) is 10.5. The fourth-order valence-electron chi connectivity index (χ4n) is 4.72. The van der Waals surface area contributed by atoms with Crippen molar-refractivity contribution in [2.45, 2.75) is 19.3 Å². The SMILES string of the molecule is Cc1ccc2c(c1)C(c1ccccc1)(c1ccccc1)c1cc(C)ccc1-2. The van der Waals surface area contributed by atoms with Crippen LogP contribution < -0.4 is 0 Å². The molecule has 0 atom stereocenters. The van der Waals surface area contributed by atoms with E-state index in [0.29, 0.717) is 0 Å². The van der Waals surface area contributed by atoms with Crippen LogP contribution in [0.25, 0.3) is 11.1 Å². The summed E-state index contributed by atoms with van der Waals surface area (Å²) < 4.78 is 0. The number of hydrogen-bond acceptors (Lipinski definition) is 0. The van der Waals surface area contributed by atoms with Crippen molar-refractivity contribution in [2.24, 2.45) is 0 Å². The van der Waals surface area contributed by atoms with Gasteiger partial charge in [0.1, 0.15) is 0 Å². The van der Waals surface area contributed by atoms with Gasteiger partial charge in [-0.2, -0.15) is 0 Å². The van der Waals surface area contributed by atoms with Crippen molar-refractivity contribution in [3.05, 3.63) is 130 Å². The van der Waals surface area contributed by atoms with Crippen molar-refractivity contribution >= 4 is 0 Å². The lowest BCUT2D eigenvalue weighted by atomic mass is 9.67. The van der Waals surface area contributed by atoms with Gasteiger partial charge in [0.25, 0.3) is 0 Å². The molecule has 0 aliphatic heterocycles. The molecule has 27 heavy (non-hydrogen) atoms. The van der Waals surface area contributed by atoms with Gasteiger partial charge in [0.2, 0.25) is 0 Å². The van der Waals surface area contributed by atoms with Crippen molar-refractivity contribution < 1.29 is 0 Å². The standard InChI is InChI=1S/C27H22/c1-19-13-15-23-24-16-14-20(2)18-26(24)27(25(23)17-19,21-9-5-3-6-10-21)22-11-7-4-8-12-22/h3-18H,1-2H3. The van der Waals surface area contributed by atoms with E-state index < -0.39 is 0 Å². The second kappa shape index (κ2) is 5.96. The molecule has 0 N–H and O–H groups in total. The molecule has 0 heterocycles. The fourth-order valence-corrected chi connectivity index (χ4v) is 4.72. The third-order valence-electron chi connectivity index (χ3n) is 5.86. The fraction of sp³-hybridized carbons (Fsp3) is 0.111. The Morgan fingerprint density at radius 2 is 0.889 bits per heavy atom. The summed E-state index contributed by atoms with van der Waals surface area (Å²) in [7, 11) is 0. The number of hydrogen-bond donors (Lipinski definition) is 0. The Balaban J connectivity index is 2.00. The molecule has 0 radical (unpaired) electrons. The van der Waals surface area contributed by atoms with E-state index >= 15 is 0 Å². The molecule has 130 valence electrons. The quantitative estimate of drug-likeness (QED) is 0.335. The van der Waals surface area contributed by atoms with Crippen LogP contribution in [-0.2, 0) is 5.41 Å². The Kier molecular flexibility index (Phi) is 3.55. The zero-order valence-electron chi connectivity index (χ0n) is 15.7. The van der Waals surface area contributed by atoms with Crippen molar-refractivity contribution in [1.82, 2.24) is 0 Å². The Bertz CT molecular complexity index is 1030. The van der Waals surface area contributed by atoms with E-state index in [1.165, 1.54) is 44.5 Å². The lowest BCUT2D eigenvalue weighted by Crippen LogP contribution is -2.28. The van der Waals surface area contributed by atoms with Crippen LogP contribution in [0, 0.1) is 13.8 Å². The van der Waals surface area contributed by atoms with Gasteiger partial charge in [-0.05, 0) is 47.2 Å². The minimum atomic E-state index is -0.273. The molecule has 0 bridgehead atoms. The number of benzene rings is 4. The first kappa shape index (κ1) is 16.1. The number of rotatable bonds is 2. The third-order valence-corrected chi connectivity index (χ3v) is 5.86. The lowest BCUT2D eigenvalue weighted by molar-refractivity contribution is 0.766. The summed E-state index contributed by atoms with van der Waals surface area (Å²) in [6, 6.07) is 35.7. The van der Waals surface area contributed by atoms with E-state index in [0.717, 1.165) is 0 Å². The summed E-state index contributed by atoms with van der Waals surface area (Å²) >= 11 is 0. The molecule has 0 nitrogen and oxygen atoms in total. The highest BCUT2D eigenvalue weighted by Crippen LogP contribution is 2.56. The summed E-state index contributed by atoms with van der Waals surface area (Å²) in [5.74, 6) is 0. The van der Waals surface area contributed by atoms with Crippen molar-refractivity contribution in [1.29, 1.82) is 0 Å². The molecule has 1 aliphatic carbocycles. The van der Waals surface area contributed by atoms with Gasteiger partial charge >= 0.3 is 0 Å². The Morgan fingerprint density at radius 1 is 0.481 bits per heavy atom. The molecule has 5 rings (SSSR count). The Morgan fingerprint density at radius 3 is 1.30 bits per heavy atom. The van der Waals surface area contributed by atoms with E-state index in [1.807, 2.05) is 0 Å². The average molecular weight is 346 g/mol. The highest BCUT2D eigenvalue weighted by Gasteiger charge is 2.45. The van der Waals surface area contributed by atoms with Gasteiger partial charge in [0.15, 0.2) is 0 Å². The van der Waals surface area contributed by atoms with Gasteiger partial charge in [-0.25, -0.2) is 0 Å². The third kappa shape index (κ3) is 2.23. The minimum Gasteiger partial charge on any atom is -0.0622 e. The Labute approximate surface area is 161 Å². The van der Waals surface area contributed by atoms with E-state index in [1.54, 1.807) is 0 Å². The highest BCUT2D eigenvalue weighted by molar-refractivity contribution is 5.86. The molecule has 0 unspecified atom stereocenters. The van der Waals surface area contributed by atoms with Crippen molar-refractivity contribution in [3.8, 4) is 11.1 Å². The molecule has 0 fully saturated rings. The molecule has 0 heteroatoms. The van der Waals surface area contributed by atoms with Gasteiger partial charge in [-0.3, -0.25) is 0 Å². The molecule has 4 aromatic carbocycles. The molecule has 4 aromatic rings. The van der Waals surface area contributed by atoms with Gasteiger partial charge in [0, 0.05) is 0 Å². The summed E-state index contributed by atoms with van der Waals surface area (Å²) in [4.78, 5) is 0. The maximum absolute atomic E-state index is 2.38. The normalized spacial score (nSPS) is 13.9. The van der Waals surface area contributed by atoms with E-state index in [-0.39, 0.29) is 5.41 Å². The second-order valence-electron chi connectivity index (χ2n) is 7.58. The summed E-state index contributed by atoms with van der Waals surface area (Å²) in [6.07, 6.45) is 0. The molecular formula is C27H22. The molecular weight excluding hydrogens is 324 g/mol. The van der Waals surface area contributed by atoms with Crippen molar-refractivity contribution in [3.63, 3.8) is 0 Å². The van der Waals surface area contributed by atoms with Crippen LogP contribution >= 0.6 is 0 Å². The van der Waals surface area contributed by atoms with Crippen LogP contribution in [0.4, 0.5) is 0 Å². The van der Waals surface area contributed by atoms with Crippen LogP contribution in [0.5, 0.6) is 0 Å². The predicted molar refractivity (Wildman–Crippen MR) is 113 cm³/mol. The first-order valence-electron chi connectivity index (χ1n) is 9.55. The molecule has 0 spiro atoms. The highest BCUT2D eigenvalue weighted by atomic mass is 14.5. The van der Waals surface area contributed by atoms with Gasteiger partial charge < -0.3 is 0 Å². The molecule has 0 amide bonds.